The molecule has 6 nitrogen and oxygen atoms in total. The minimum Gasteiger partial charge on any atom is -0.455 e. The molecule has 3 aromatic rings. The van der Waals surface area contributed by atoms with Gasteiger partial charge in [-0.05, 0) is 24.3 Å². The van der Waals surface area contributed by atoms with E-state index in [0.29, 0.717) is 22.2 Å². The molecule has 2 aromatic heterocycles. The SMILES string of the molecule is N/C(=N\N=C\c1ccc(-c2cccc(Cl)c2)o1)c1cnccn1. The zero-order chi connectivity index (χ0) is 16.1. The van der Waals surface area contributed by atoms with Crippen molar-refractivity contribution in [2.75, 3.05) is 0 Å². The minimum absolute atomic E-state index is 0.177. The first-order valence-corrected chi connectivity index (χ1v) is 7.09. The van der Waals surface area contributed by atoms with Gasteiger partial charge < -0.3 is 10.2 Å². The number of furan rings is 1. The summed E-state index contributed by atoms with van der Waals surface area (Å²) in [5.74, 6) is 1.42. The van der Waals surface area contributed by atoms with Crippen LogP contribution in [-0.2, 0) is 0 Å². The van der Waals surface area contributed by atoms with Gasteiger partial charge in [0.05, 0.1) is 12.4 Å². The number of amidine groups is 1. The molecule has 0 aliphatic carbocycles. The largest absolute Gasteiger partial charge is 0.455 e. The Bertz CT molecular complexity index is 858. The number of hydrogen-bond acceptors (Lipinski definition) is 5. The van der Waals surface area contributed by atoms with E-state index in [-0.39, 0.29) is 5.84 Å². The quantitative estimate of drug-likeness (QED) is 0.453. The fourth-order valence-electron chi connectivity index (χ4n) is 1.85. The fourth-order valence-corrected chi connectivity index (χ4v) is 2.04. The van der Waals surface area contributed by atoms with Crippen molar-refractivity contribution >= 4 is 23.7 Å². The predicted molar refractivity (Wildman–Crippen MR) is 89.5 cm³/mol. The van der Waals surface area contributed by atoms with Crippen molar-refractivity contribution < 1.29 is 4.42 Å². The molecule has 23 heavy (non-hydrogen) atoms. The van der Waals surface area contributed by atoms with Crippen LogP contribution in [0.1, 0.15) is 11.5 Å². The highest BCUT2D eigenvalue weighted by molar-refractivity contribution is 6.30. The lowest BCUT2D eigenvalue weighted by Gasteiger charge is -1.96. The second-order valence-corrected chi connectivity index (χ2v) is 4.97. The average molecular weight is 326 g/mol. The summed E-state index contributed by atoms with van der Waals surface area (Å²) in [5.41, 5.74) is 7.11. The van der Waals surface area contributed by atoms with Crippen molar-refractivity contribution in [1.82, 2.24) is 9.97 Å². The molecule has 114 valence electrons. The lowest BCUT2D eigenvalue weighted by molar-refractivity contribution is 0.575. The summed E-state index contributed by atoms with van der Waals surface area (Å²) in [6.07, 6.45) is 6.07. The van der Waals surface area contributed by atoms with Crippen molar-refractivity contribution in [3.05, 3.63) is 71.5 Å². The first kappa shape index (κ1) is 14.9. The van der Waals surface area contributed by atoms with E-state index < -0.39 is 0 Å². The molecule has 2 heterocycles. The Morgan fingerprint density at radius 3 is 2.91 bits per heavy atom. The number of nitrogens with zero attached hydrogens (tertiary/aromatic N) is 4. The maximum absolute atomic E-state index is 5.97. The Balaban J connectivity index is 1.74. The average Bonchev–Trinajstić information content (AvgIpc) is 3.04. The first-order chi connectivity index (χ1) is 11.2. The van der Waals surface area contributed by atoms with E-state index in [1.54, 1.807) is 18.3 Å². The van der Waals surface area contributed by atoms with Crippen molar-refractivity contribution in [3.8, 4) is 11.3 Å². The van der Waals surface area contributed by atoms with Gasteiger partial charge in [-0.25, -0.2) is 4.98 Å². The van der Waals surface area contributed by atoms with Gasteiger partial charge in [0.1, 0.15) is 17.2 Å². The van der Waals surface area contributed by atoms with E-state index >= 15 is 0 Å². The van der Waals surface area contributed by atoms with Gasteiger partial charge in [0, 0.05) is 23.0 Å². The smallest absolute Gasteiger partial charge is 0.173 e. The molecule has 0 amide bonds. The summed E-state index contributed by atoms with van der Waals surface area (Å²) in [7, 11) is 0. The number of halogens is 1. The highest BCUT2D eigenvalue weighted by atomic mass is 35.5. The Hall–Kier alpha value is -2.99. The topological polar surface area (TPSA) is 89.7 Å². The van der Waals surface area contributed by atoms with E-state index in [1.165, 1.54) is 18.6 Å². The summed E-state index contributed by atoms with van der Waals surface area (Å²) in [6.45, 7) is 0. The molecule has 0 saturated carbocycles. The zero-order valence-electron chi connectivity index (χ0n) is 11.9. The number of hydrogen-bond donors (Lipinski definition) is 1. The molecule has 0 bridgehead atoms. The lowest BCUT2D eigenvalue weighted by Crippen LogP contribution is -2.14. The van der Waals surface area contributed by atoms with E-state index in [1.807, 2.05) is 24.3 Å². The predicted octanol–water partition coefficient (Wildman–Crippen LogP) is 3.13. The van der Waals surface area contributed by atoms with Crippen LogP contribution in [0, 0.1) is 0 Å². The van der Waals surface area contributed by atoms with Crippen LogP contribution in [0.25, 0.3) is 11.3 Å². The van der Waals surface area contributed by atoms with Crippen molar-refractivity contribution in [1.29, 1.82) is 0 Å². The third-order valence-corrected chi connectivity index (χ3v) is 3.15. The van der Waals surface area contributed by atoms with E-state index in [0.717, 1.165) is 5.56 Å². The molecule has 0 aliphatic rings. The van der Waals surface area contributed by atoms with E-state index in [4.69, 9.17) is 21.8 Å². The van der Waals surface area contributed by atoms with Crippen LogP contribution >= 0.6 is 11.6 Å². The molecule has 0 atom stereocenters. The minimum atomic E-state index is 0.177. The van der Waals surface area contributed by atoms with E-state index in [9.17, 15) is 0 Å². The Labute approximate surface area is 137 Å². The zero-order valence-corrected chi connectivity index (χ0v) is 12.7. The van der Waals surface area contributed by atoms with Gasteiger partial charge in [0.2, 0.25) is 0 Å². The molecule has 2 N–H and O–H groups in total. The summed E-state index contributed by atoms with van der Waals surface area (Å²) in [6, 6.07) is 11.0. The number of aromatic nitrogens is 2. The van der Waals surface area contributed by atoms with Crippen LogP contribution in [0.3, 0.4) is 0 Å². The summed E-state index contributed by atoms with van der Waals surface area (Å²) < 4.78 is 5.67. The second-order valence-electron chi connectivity index (χ2n) is 4.53. The number of nitrogens with two attached hydrogens (primary N) is 1. The van der Waals surface area contributed by atoms with Crippen molar-refractivity contribution in [3.63, 3.8) is 0 Å². The Kier molecular flexibility index (Phi) is 4.44. The molecule has 0 fully saturated rings. The van der Waals surface area contributed by atoms with Gasteiger partial charge in [-0.1, -0.05) is 23.7 Å². The molecule has 0 spiro atoms. The first-order valence-electron chi connectivity index (χ1n) is 6.71. The standard InChI is InChI=1S/C16H12ClN5O/c17-12-3-1-2-11(8-12)15-5-4-13(23-15)9-21-22-16(18)14-10-19-6-7-20-14/h1-10H,(H2,18,22)/b21-9+. The van der Waals surface area contributed by atoms with Gasteiger partial charge in [0.25, 0.3) is 0 Å². The highest BCUT2D eigenvalue weighted by Crippen LogP contribution is 2.24. The fraction of sp³-hybridized carbons (Fsp3) is 0. The Morgan fingerprint density at radius 2 is 2.13 bits per heavy atom. The molecule has 3 rings (SSSR count). The summed E-state index contributed by atoms with van der Waals surface area (Å²) >= 11 is 5.97. The lowest BCUT2D eigenvalue weighted by atomic mass is 10.2. The number of benzene rings is 1. The van der Waals surface area contributed by atoms with Crippen LogP contribution in [0.4, 0.5) is 0 Å². The second kappa shape index (κ2) is 6.85. The maximum Gasteiger partial charge on any atom is 0.173 e. The van der Waals surface area contributed by atoms with Gasteiger partial charge in [0.15, 0.2) is 5.84 Å². The highest BCUT2D eigenvalue weighted by Gasteiger charge is 2.04. The monoisotopic (exact) mass is 325 g/mol. The molecular formula is C16H12ClN5O. The molecule has 0 unspecified atom stereocenters. The van der Waals surface area contributed by atoms with Crippen LogP contribution in [0.15, 0.2) is 69.6 Å². The maximum atomic E-state index is 5.97. The molecule has 1 aromatic carbocycles. The third kappa shape index (κ3) is 3.81. The summed E-state index contributed by atoms with van der Waals surface area (Å²) in [5, 5.41) is 8.41. The van der Waals surface area contributed by atoms with Crippen LogP contribution in [0.2, 0.25) is 5.02 Å². The summed E-state index contributed by atoms with van der Waals surface area (Å²) in [4.78, 5) is 7.94. The van der Waals surface area contributed by atoms with Gasteiger partial charge in [-0.15, -0.1) is 5.10 Å². The van der Waals surface area contributed by atoms with Crippen LogP contribution in [0.5, 0.6) is 0 Å². The van der Waals surface area contributed by atoms with E-state index in [2.05, 4.69) is 20.2 Å². The van der Waals surface area contributed by atoms with Crippen LogP contribution < -0.4 is 5.73 Å². The van der Waals surface area contributed by atoms with Crippen molar-refractivity contribution in [2.45, 2.75) is 0 Å². The third-order valence-electron chi connectivity index (χ3n) is 2.91. The molecule has 7 heteroatoms. The van der Waals surface area contributed by atoms with Gasteiger partial charge in [-0.2, -0.15) is 5.10 Å². The molecule has 0 aliphatic heterocycles. The van der Waals surface area contributed by atoms with Crippen molar-refractivity contribution in [2.24, 2.45) is 15.9 Å². The molecular weight excluding hydrogens is 314 g/mol. The van der Waals surface area contributed by atoms with Gasteiger partial charge >= 0.3 is 0 Å². The number of rotatable bonds is 4. The Morgan fingerprint density at radius 1 is 1.22 bits per heavy atom. The molecule has 0 saturated heterocycles. The normalized spacial score (nSPS) is 12.0. The molecule has 0 radical (unpaired) electrons. The van der Waals surface area contributed by atoms with Crippen LogP contribution in [-0.4, -0.2) is 22.0 Å². The van der Waals surface area contributed by atoms with Gasteiger partial charge in [-0.3, -0.25) is 4.98 Å².